The molecule has 2 aromatic rings. The Morgan fingerprint density at radius 3 is 2.28 bits per heavy atom. The van der Waals surface area contributed by atoms with Gasteiger partial charge in [0.15, 0.2) is 0 Å². The molecule has 18 heavy (non-hydrogen) atoms. The van der Waals surface area contributed by atoms with Gasteiger partial charge in [0.05, 0.1) is 6.61 Å². The first kappa shape index (κ1) is 12.7. The minimum atomic E-state index is 0.165. The van der Waals surface area contributed by atoms with Crippen molar-refractivity contribution in [2.75, 3.05) is 25.6 Å². The van der Waals surface area contributed by atoms with E-state index in [-0.39, 0.29) is 6.61 Å². The molecule has 0 saturated heterocycles. The third-order valence-corrected chi connectivity index (χ3v) is 3.20. The molecule has 1 heterocycles. The summed E-state index contributed by atoms with van der Waals surface area (Å²) in [6, 6.07) is 12.7. The first-order valence-electron chi connectivity index (χ1n) is 6.18. The number of aromatic nitrogens is 1. The Labute approximate surface area is 108 Å². The molecule has 0 spiro atoms. The van der Waals surface area contributed by atoms with E-state index in [1.165, 1.54) is 16.9 Å². The zero-order valence-corrected chi connectivity index (χ0v) is 11.2. The molecule has 2 rings (SSSR count). The summed E-state index contributed by atoms with van der Waals surface area (Å²) < 4.78 is 2.14. The van der Waals surface area contributed by atoms with Crippen LogP contribution < -0.4 is 4.90 Å². The number of hydrogen-bond acceptors (Lipinski definition) is 2. The second-order valence-corrected chi connectivity index (χ2v) is 4.68. The van der Waals surface area contributed by atoms with E-state index in [0.717, 1.165) is 5.69 Å². The molecule has 1 aromatic carbocycles. The van der Waals surface area contributed by atoms with E-state index in [9.17, 15) is 0 Å². The van der Waals surface area contributed by atoms with E-state index in [0.29, 0.717) is 6.54 Å². The lowest BCUT2D eigenvalue weighted by Gasteiger charge is -2.14. The largest absolute Gasteiger partial charge is 0.395 e. The maximum absolute atomic E-state index is 9.12. The van der Waals surface area contributed by atoms with Crippen LogP contribution in [0.2, 0.25) is 0 Å². The zero-order valence-electron chi connectivity index (χ0n) is 11.2. The third-order valence-electron chi connectivity index (χ3n) is 3.20. The van der Waals surface area contributed by atoms with Gasteiger partial charge in [0, 0.05) is 37.7 Å². The highest BCUT2D eigenvalue weighted by Gasteiger charge is 2.07. The first-order chi connectivity index (χ1) is 8.63. The Morgan fingerprint density at radius 1 is 1.06 bits per heavy atom. The third kappa shape index (κ3) is 2.41. The SMILES string of the molecule is Cc1ccc(-c2ccc(N(C)C)cc2)n1CCO. The fourth-order valence-corrected chi connectivity index (χ4v) is 2.15. The molecular weight excluding hydrogens is 224 g/mol. The van der Waals surface area contributed by atoms with Gasteiger partial charge >= 0.3 is 0 Å². The Balaban J connectivity index is 2.36. The van der Waals surface area contributed by atoms with Crippen molar-refractivity contribution in [3.63, 3.8) is 0 Å². The molecule has 3 nitrogen and oxygen atoms in total. The van der Waals surface area contributed by atoms with Crippen LogP contribution in [-0.4, -0.2) is 30.4 Å². The number of hydrogen-bond donors (Lipinski definition) is 1. The predicted octanol–water partition coefficient (Wildman–Crippen LogP) is 2.52. The number of aryl methyl sites for hydroxylation is 1. The van der Waals surface area contributed by atoms with E-state index in [2.05, 4.69) is 52.8 Å². The lowest BCUT2D eigenvalue weighted by Crippen LogP contribution is -2.08. The number of aliphatic hydroxyl groups is 1. The van der Waals surface area contributed by atoms with Gasteiger partial charge in [-0.25, -0.2) is 0 Å². The molecule has 0 bridgehead atoms. The Morgan fingerprint density at radius 2 is 1.72 bits per heavy atom. The fraction of sp³-hybridized carbons (Fsp3) is 0.333. The van der Waals surface area contributed by atoms with E-state index in [1.54, 1.807) is 0 Å². The fourth-order valence-electron chi connectivity index (χ4n) is 2.15. The summed E-state index contributed by atoms with van der Waals surface area (Å²) in [5, 5.41) is 9.12. The van der Waals surface area contributed by atoms with Crippen molar-refractivity contribution in [3.8, 4) is 11.3 Å². The second kappa shape index (κ2) is 5.27. The molecule has 0 saturated carbocycles. The normalized spacial score (nSPS) is 10.7. The van der Waals surface area contributed by atoms with Crippen LogP contribution in [0.15, 0.2) is 36.4 Å². The number of aliphatic hydroxyl groups excluding tert-OH is 1. The summed E-state index contributed by atoms with van der Waals surface area (Å²) in [5.41, 5.74) is 4.71. The van der Waals surface area contributed by atoms with Gasteiger partial charge in [-0.1, -0.05) is 12.1 Å². The molecule has 3 heteroatoms. The molecule has 0 amide bonds. The van der Waals surface area contributed by atoms with E-state index < -0.39 is 0 Å². The highest BCUT2D eigenvalue weighted by atomic mass is 16.3. The van der Waals surface area contributed by atoms with E-state index in [1.807, 2.05) is 14.1 Å². The molecule has 0 aliphatic carbocycles. The molecule has 1 aromatic heterocycles. The minimum Gasteiger partial charge on any atom is -0.395 e. The Kier molecular flexibility index (Phi) is 3.72. The smallest absolute Gasteiger partial charge is 0.0610 e. The summed E-state index contributed by atoms with van der Waals surface area (Å²) in [6.45, 7) is 2.87. The van der Waals surface area contributed by atoms with Crippen molar-refractivity contribution in [1.82, 2.24) is 4.57 Å². The van der Waals surface area contributed by atoms with Gasteiger partial charge < -0.3 is 14.6 Å². The highest BCUT2D eigenvalue weighted by molar-refractivity contribution is 5.64. The molecular formula is C15H20N2O. The van der Waals surface area contributed by atoms with Gasteiger partial charge in [-0.05, 0) is 36.8 Å². The molecule has 0 atom stereocenters. The van der Waals surface area contributed by atoms with Crippen molar-refractivity contribution in [2.45, 2.75) is 13.5 Å². The monoisotopic (exact) mass is 244 g/mol. The Hall–Kier alpha value is -1.74. The number of rotatable bonds is 4. The molecule has 0 unspecified atom stereocenters. The molecule has 0 radical (unpaired) electrons. The van der Waals surface area contributed by atoms with Crippen LogP contribution in [0.3, 0.4) is 0 Å². The van der Waals surface area contributed by atoms with Gasteiger partial charge in [-0.15, -0.1) is 0 Å². The summed E-state index contributed by atoms with van der Waals surface area (Å²) >= 11 is 0. The Bertz CT molecular complexity index is 512. The topological polar surface area (TPSA) is 28.4 Å². The molecule has 1 N–H and O–H groups in total. The lowest BCUT2D eigenvalue weighted by atomic mass is 10.1. The summed E-state index contributed by atoms with van der Waals surface area (Å²) in [7, 11) is 4.07. The van der Waals surface area contributed by atoms with Gasteiger partial charge in [-0.2, -0.15) is 0 Å². The van der Waals surface area contributed by atoms with Crippen molar-refractivity contribution >= 4 is 5.69 Å². The second-order valence-electron chi connectivity index (χ2n) is 4.68. The lowest BCUT2D eigenvalue weighted by molar-refractivity contribution is 0.276. The molecule has 0 fully saturated rings. The average Bonchev–Trinajstić information content (AvgIpc) is 2.72. The minimum absolute atomic E-state index is 0.165. The summed E-state index contributed by atoms with van der Waals surface area (Å²) in [4.78, 5) is 2.09. The highest BCUT2D eigenvalue weighted by Crippen LogP contribution is 2.24. The number of nitrogens with zero attached hydrogens (tertiary/aromatic N) is 2. The zero-order chi connectivity index (χ0) is 13.1. The summed E-state index contributed by atoms with van der Waals surface area (Å²) in [5.74, 6) is 0. The number of anilines is 1. The standard InChI is InChI=1S/C15H20N2O/c1-12-4-9-15(17(12)10-11-18)13-5-7-14(8-6-13)16(2)3/h4-9,18H,10-11H2,1-3H3. The quantitative estimate of drug-likeness (QED) is 0.895. The van der Waals surface area contributed by atoms with Gasteiger partial charge in [0.1, 0.15) is 0 Å². The van der Waals surface area contributed by atoms with Crippen LogP contribution >= 0.6 is 0 Å². The van der Waals surface area contributed by atoms with Gasteiger partial charge in [-0.3, -0.25) is 0 Å². The van der Waals surface area contributed by atoms with Crippen LogP contribution in [0.5, 0.6) is 0 Å². The maximum atomic E-state index is 9.12. The number of benzene rings is 1. The van der Waals surface area contributed by atoms with E-state index in [4.69, 9.17) is 5.11 Å². The van der Waals surface area contributed by atoms with Gasteiger partial charge in [0.2, 0.25) is 0 Å². The first-order valence-corrected chi connectivity index (χ1v) is 6.18. The van der Waals surface area contributed by atoms with Crippen LogP contribution in [0.25, 0.3) is 11.3 Å². The predicted molar refractivity (Wildman–Crippen MR) is 76.0 cm³/mol. The molecule has 96 valence electrons. The van der Waals surface area contributed by atoms with Crippen LogP contribution in [-0.2, 0) is 6.54 Å². The van der Waals surface area contributed by atoms with Crippen molar-refractivity contribution in [3.05, 3.63) is 42.1 Å². The molecule has 0 aliphatic heterocycles. The van der Waals surface area contributed by atoms with Crippen molar-refractivity contribution < 1.29 is 5.11 Å². The van der Waals surface area contributed by atoms with Crippen LogP contribution in [0, 0.1) is 6.92 Å². The molecule has 0 aliphatic rings. The average molecular weight is 244 g/mol. The van der Waals surface area contributed by atoms with E-state index >= 15 is 0 Å². The van der Waals surface area contributed by atoms with Crippen LogP contribution in [0.4, 0.5) is 5.69 Å². The van der Waals surface area contributed by atoms with Crippen molar-refractivity contribution in [2.24, 2.45) is 0 Å². The van der Waals surface area contributed by atoms with Crippen molar-refractivity contribution in [1.29, 1.82) is 0 Å². The summed E-state index contributed by atoms with van der Waals surface area (Å²) in [6.07, 6.45) is 0. The van der Waals surface area contributed by atoms with Crippen LogP contribution in [0.1, 0.15) is 5.69 Å². The maximum Gasteiger partial charge on any atom is 0.0610 e. The van der Waals surface area contributed by atoms with Gasteiger partial charge in [0.25, 0.3) is 0 Å².